The zero-order valence-corrected chi connectivity index (χ0v) is 17.3. The molecule has 2 aromatic rings. The first-order valence-corrected chi connectivity index (χ1v) is 12.1. The summed E-state index contributed by atoms with van der Waals surface area (Å²) < 4.78 is 0. The SMILES string of the molecule is CC(=O)C12C3CC4C(C31)C42c1ccc2cc(C34C5CC6C(C53)C64C(C)=O)ccc2c1. The molecule has 2 nitrogen and oxygen atoms in total. The lowest BCUT2D eigenvalue weighted by atomic mass is 9.65. The van der Waals surface area contributed by atoms with E-state index in [2.05, 4.69) is 36.4 Å². The number of rotatable bonds is 4. The highest BCUT2D eigenvalue weighted by atomic mass is 16.1. The number of hydrogen-bond acceptors (Lipinski definition) is 2. The number of Topliss-reactive ketones (excluding diaryl/α,β-unsaturated/α-hetero) is 2. The first-order chi connectivity index (χ1) is 14.5. The van der Waals surface area contributed by atoms with Crippen LogP contribution in [-0.2, 0) is 20.4 Å². The molecule has 12 atom stereocenters. The monoisotopic (exact) mass is 392 g/mol. The Morgan fingerprint density at radius 3 is 1.43 bits per heavy atom. The van der Waals surface area contributed by atoms with Gasteiger partial charge in [-0.2, -0.15) is 0 Å². The second kappa shape index (κ2) is 3.53. The van der Waals surface area contributed by atoms with E-state index in [4.69, 9.17) is 0 Å². The molecule has 0 radical (unpaired) electrons. The van der Waals surface area contributed by atoms with Crippen LogP contribution >= 0.6 is 0 Å². The van der Waals surface area contributed by atoms with Crippen LogP contribution in [-0.4, -0.2) is 11.6 Å². The van der Waals surface area contributed by atoms with E-state index < -0.39 is 0 Å². The summed E-state index contributed by atoms with van der Waals surface area (Å²) in [6.07, 6.45) is 2.60. The van der Waals surface area contributed by atoms with E-state index in [0.717, 1.165) is 35.5 Å². The molecule has 0 aromatic heterocycles. The van der Waals surface area contributed by atoms with Crippen LogP contribution in [0.25, 0.3) is 10.8 Å². The number of hydrogen-bond donors (Lipinski definition) is 0. The molecule has 30 heavy (non-hydrogen) atoms. The van der Waals surface area contributed by atoms with E-state index in [1.807, 2.05) is 13.8 Å². The van der Waals surface area contributed by atoms with Gasteiger partial charge in [-0.15, -0.1) is 0 Å². The fraction of sp³-hybridized carbons (Fsp3) is 0.571. The van der Waals surface area contributed by atoms with Gasteiger partial charge >= 0.3 is 0 Å². The van der Waals surface area contributed by atoms with Gasteiger partial charge in [-0.05, 0) is 95.9 Å². The molecule has 4 bridgehead atoms. The average molecular weight is 392 g/mol. The molecule has 12 unspecified atom stereocenters. The Morgan fingerprint density at radius 1 is 0.667 bits per heavy atom. The molecule has 12 rings (SSSR count). The molecular formula is C28H24O2. The lowest BCUT2D eigenvalue weighted by molar-refractivity contribution is -0.127. The Kier molecular flexibility index (Phi) is 1.76. The normalized spacial score (nSPS) is 61.5. The first-order valence-electron chi connectivity index (χ1n) is 12.1. The second-order valence-electron chi connectivity index (χ2n) is 12.4. The minimum absolute atomic E-state index is 0.0257. The van der Waals surface area contributed by atoms with Crippen LogP contribution in [0.3, 0.4) is 0 Å². The molecule has 10 fully saturated rings. The van der Waals surface area contributed by atoms with Crippen LogP contribution in [0, 0.1) is 58.2 Å². The first kappa shape index (κ1) is 14.9. The molecule has 0 spiro atoms. The minimum atomic E-state index is 0.0257. The van der Waals surface area contributed by atoms with Crippen molar-refractivity contribution in [3.63, 3.8) is 0 Å². The van der Waals surface area contributed by atoms with Gasteiger partial charge in [0.25, 0.3) is 0 Å². The maximum absolute atomic E-state index is 12.6. The summed E-state index contributed by atoms with van der Waals surface area (Å²) in [6.45, 7) is 3.70. The van der Waals surface area contributed by atoms with E-state index >= 15 is 0 Å². The van der Waals surface area contributed by atoms with Crippen molar-refractivity contribution in [2.75, 3.05) is 0 Å². The smallest absolute Gasteiger partial charge is 0.137 e. The van der Waals surface area contributed by atoms with E-state index in [1.54, 1.807) is 0 Å². The minimum Gasteiger partial charge on any atom is -0.299 e. The van der Waals surface area contributed by atoms with Crippen molar-refractivity contribution in [3.05, 3.63) is 47.5 Å². The maximum Gasteiger partial charge on any atom is 0.137 e. The fourth-order valence-electron chi connectivity index (χ4n) is 12.7. The van der Waals surface area contributed by atoms with Gasteiger partial charge in [-0.25, -0.2) is 0 Å². The average Bonchev–Trinajstić information content (AvgIpc) is 3.57. The lowest BCUT2D eigenvalue weighted by Gasteiger charge is -2.36. The molecule has 148 valence electrons. The summed E-state index contributed by atoms with van der Waals surface area (Å²) in [7, 11) is 0. The second-order valence-corrected chi connectivity index (χ2v) is 12.4. The third-order valence-corrected chi connectivity index (χ3v) is 12.9. The third-order valence-electron chi connectivity index (χ3n) is 12.9. The van der Waals surface area contributed by atoms with Gasteiger partial charge in [0.05, 0.1) is 0 Å². The zero-order valence-electron chi connectivity index (χ0n) is 17.3. The van der Waals surface area contributed by atoms with Crippen LogP contribution in [0.4, 0.5) is 0 Å². The Bertz CT molecular complexity index is 1230. The van der Waals surface area contributed by atoms with Crippen molar-refractivity contribution in [2.45, 2.75) is 37.5 Å². The van der Waals surface area contributed by atoms with E-state index in [-0.39, 0.29) is 21.7 Å². The van der Waals surface area contributed by atoms with E-state index in [0.29, 0.717) is 23.4 Å². The highest BCUT2D eigenvalue weighted by Gasteiger charge is 3.06. The van der Waals surface area contributed by atoms with Gasteiger partial charge in [-0.1, -0.05) is 36.4 Å². The van der Waals surface area contributed by atoms with E-state index in [9.17, 15) is 9.59 Å². The topological polar surface area (TPSA) is 34.1 Å². The molecule has 10 saturated carbocycles. The van der Waals surface area contributed by atoms with Crippen molar-refractivity contribution in [1.82, 2.24) is 0 Å². The molecule has 2 heteroatoms. The van der Waals surface area contributed by atoms with Gasteiger partial charge < -0.3 is 0 Å². The van der Waals surface area contributed by atoms with Gasteiger partial charge in [0.15, 0.2) is 0 Å². The molecule has 0 heterocycles. The highest BCUT2D eigenvalue weighted by Crippen LogP contribution is 3.05. The van der Waals surface area contributed by atoms with Gasteiger partial charge in [0, 0.05) is 21.7 Å². The van der Waals surface area contributed by atoms with Crippen molar-refractivity contribution in [1.29, 1.82) is 0 Å². The zero-order chi connectivity index (χ0) is 19.7. The lowest BCUT2D eigenvalue weighted by Crippen LogP contribution is -2.40. The highest BCUT2D eigenvalue weighted by molar-refractivity contribution is 5.98. The Hall–Kier alpha value is -1.96. The molecular weight excluding hydrogens is 368 g/mol. The predicted molar refractivity (Wildman–Crippen MR) is 111 cm³/mol. The van der Waals surface area contributed by atoms with Gasteiger partial charge in [0.2, 0.25) is 0 Å². The van der Waals surface area contributed by atoms with Crippen molar-refractivity contribution in [2.24, 2.45) is 58.2 Å². The molecule has 0 amide bonds. The number of fused-ring (bicyclic) bond motifs is 1. The molecule has 2 aromatic carbocycles. The molecule has 0 aliphatic heterocycles. The standard InChI is InChI=1S/C28H24O2/c1-11(29)25-17-9-19-23(21(17)25)27(19,25)15-5-3-14-8-16(6-4-13(14)7-15)28-20-10-18-22(24(20)28)26(18,28)12(2)30/h3-8,17-24H,9-10H2,1-2H3. The Balaban J connectivity index is 1.11. The molecule has 10 aliphatic rings. The van der Waals surface area contributed by atoms with Crippen molar-refractivity contribution < 1.29 is 9.59 Å². The fourth-order valence-corrected chi connectivity index (χ4v) is 12.7. The summed E-state index contributed by atoms with van der Waals surface area (Å²) in [4.78, 5) is 25.3. The van der Waals surface area contributed by atoms with E-state index in [1.165, 1.54) is 34.7 Å². The largest absolute Gasteiger partial charge is 0.299 e. The third kappa shape index (κ3) is 0.909. The van der Waals surface area contributed by atoms with Crippen LogP contribution in [0.2, 0.25) is 0 Å². The van der Waals surface area contributed by atoms with Crippen molar-refractivity contribution in [3.8, 4) is 0 Å². The molecule has 0 saturated heterocycles. The summed E-state index contributed by atoms with van der Waals surface area (Å²) in [5.74, 6) is 6.94. The van der Waals surface area contributed by atoms with Crippen LogP contribution in [0.15, 0.2) is 36.4 Å². The quantitative estimate of drug-likeness (QED) is 0.778. The Labute approximate surface area is 175 Å². The van der Waals surface area contributed by atoms with Gasteiger partial charge in [0.1, 0.15) is 11.6 Å². The molecule has 0 N–H and O–H groups in total. The summed E-state index contributed by atoms with van der Waals surface area (Å²) in [6, 6.07) is 14.2. The summed E-state index contributed by atoms with van der Waals surface area (Å²) in [5, 5.41) is 2.64. The van der Waals surface area contributed by atoms with Crippen LogP contribution in [0.5, 0.6) is 0 Å². The van der Waals surface area contributed by atoms with Gasteiger partial charge in [-0.3, -0.25) is 9.59 Å². The number of carbonyl (C=O) groups excluding carboxylic acids is 2. The Morgan fingerprint density at radius 2 is 1.10 bits per heavy atom. The maximum atomic E-state index is 12.6. The number of benzene rings is 2. The number of carbonyl (C=O) groups is 2. The predicted octanol–water partition coefficient (Wildman–Crippen LogP) is 4.28. The van der Waals surface area contributed by atoms with Crippen LogP contribution in [0.1, 0.15) is 37.8 Å². The summed E-state index contributed by atoms with van der Waals surface area (Å²) in [5.41, 5.74) is 3.35. The summed E-state index contributed by atoms with van der Waals surface area (Å²) >= 11 is 0. The van der Waals surface area contributed by atoms with Crippen molar-refractivity contribution >= 4 is 22.3 Å². The number of ketones is 2. The van der Waals surface area contributed by atoms with Crippen LogP contribution < -0.4 is 0 Å². The molecule has 10 aliphatic carbocycles.